The van der Waals surface area contributed by atoms with Gasteiger partial charge in [-0.2, -0.15) is 0 Å². The molecule has 0 saturated carbocycles. The summed E-state index contributed by atoms with van der Waals surface area (Å²) in [5.74, 6) is -0.242. The highest BCUT2D eigenvalue weighted by Gasteiger charge is 2.13. The summed E-state index contributed by atoms with van der Waals surface area (Å²) < 4.78 is 1.27. The lowest BCUT2D eigenvalue weighted by molar-refractivity contribution is 0.0949. The number of fused-ring (bicyclic) bond motifs is 1. The lowest BCUT2D eigenvalue weighted by atomic mass is 10.2. The number of hydrogen-bond donors (Lipinski definition) is 2. The highest BCUT2D eigenvalue weighted by Crippen LogP contribution is 2.03. The van der Waals surface area contributed by atoms with Gasteiger partial charge in [0.05, 0.1) is 0 Å². The first-order valence-electron chi connectivity index (χ1n) is 7.98. The summed E-state index contributed by atoms with van der Waals surface area (Å²) in [7, 11) is 0. The van der Waals surface area contributed by atoms with E-state index in [1.165, 1.54) is 10.6 Å². The number of carbonyl (C=O) groups is 1. The molecule has 0 unspecified atom stereocenters. The Kier molecular flexibility index (Phi) is 5.15. The van der Waals surface area contributed by atoms with Crippen LogP contribution in [0.4, 0.5) is 0 Å². The van der Waals surface area contributed by atoms with Crippen molar-refractivity contribution < 1.29 is 9.90 Å². The van der Waals surface area contributed by atoms with E-state index in [0.717, 1.165) is 11.1 Å². The van der Waals surface area contributed by atoms with Crippen LogP contribution in [0.15, 0.2) is 53.7 Å². The summed E-state index contributed by atoms with van der Waals surface area (Å²) in [6, 6.07) is 9.44. The van der Waals surface area contributed by atoms with E-state index in [0.29, 0.717) is 19.4 Å². The summed E-state index contributed by atoms with van der Waals surface area (Å²) in [6.07, 6.45) is 5.65. The van der Waals surface area contributed by atoms with Gasteiger partial charge in [0.1, 0.15) is 5.56 Å². The molecular weight excluding hydrogens is 320 g/mol. The number of rotatable bonds is 6. The van der Waals surface area contributed by atoms with Gasteiger partial charge in [-0.05, 0) is 24.0 Å². The largest absolute Gasteiger partial charge is 0.396 e. The maximum atomic E-state index is 12.6. The molecule has 3 aromatic rings. The molecule has 2 aromatic heterocycles. The van der Waals surface area contributed by atoms with Crippen molar-refractivity contribution in [2.45, 2.75) is 19.4 Å². The van der Waals surface area contributed by atoms with Crippen LogP contribution in [0.1, 0.15) is 27.9 Å². The van der Waals surface area contributed by atoms with E-state index in [1.54, 1.807) is 12.4 Å². The molecule has 0 aliphatic rings. The first-order chi connectivity index (χ1) is 12.2. The van der Waals surface area contributed by atoms with Gasteiger partial charge < -0.3 is 10.4 Å². The number of aliphatic hydroxyl groups excluding tert-OH is 1. The van der Waals surface area contributed by atoms with Crippen LogP contribution in [0.5, 0.6) is 0 Å². The van der Waals surface area contributed by atoms with E-state index in [9.17, 15) is 9.59 Å². The van der Waals surface area contributed by atoms with Crippen LogP contribution < -0.4 is 10.9 Å². The Balaban J connectivity index is 1.84. The third kappa shape index (κ3) is 3.89. The lowest BCUT2D eigenvalue weighted by Crippen LogP contribution is -2.31. The number of benzene rings is 1. The van der Waals surface area contributed by atoms with Gasteiger partial charge in [0.25, 0.3) is 11.5 Å². The fourth-order valence-corrected chi connectivity index (χ4v) is 2.45. The van der Waals surface area contributed by atoms with Crippen molar-refractivity contribution >= 4 is 11.7 Å². The molecule has 25 heavy (non-hydrogen) atoms. The van der Waals surface area contributed by atoms with Crippen molar-refractivity contribution in [2.75, 3.05) is 6.61 Å². The molecule has 0 fully saturated rings. The molecule has 0 radical (unpaired) electrons. The average Bonchev–Trinajstić information content (AvgIpc) is 2.66. The third-order valence-electron chi connectivity index (χ3n) is 3.78. The molecule has 0 atom stereocenters. The molecule has 7 heteroatoms. The van der Waals surface area contributed by atoms with Crippen LogP contribution in [-0.2, 0) is 13.0 Å². The normalized spacial score (nSPS) is 10.8. The third-order valence-corrected chi connectivity index (χ3v) is 3.78. The van der Waals surface area contributed by atoms with Crippen LogP contribution in [0, 0.1) is 0 Å². The van der Waals surface area contributed by atoms with Crippen molar-refractivity contribution in [2.24, 2.45) is 0 Å². The van der Waals surface area contributed by atoms with Crippen molar-refractivity contribution in [3.05, 3.63) is 76.0 Å². The Hall–Kier alpha value is -3.06. The Morgan fingerprint density at radius 1 is 1.12 bits per heavy atom. The maximum absolute atomic E-state index is 12.6. The van der Waals surface area contributed by atoms with Crippen LogP contribution in [0.3, 0.4) is 0 Å². The van der Waals surface area contributed by atoms with Crippen molar-refractivity contribution in [1.82, 2.24) is 19.7 Å². The van der Waals surface area contributed by atoms with Crippen LogP contribution in [-0.4, -0.2) is 32.0 Å². The number of nitrogens with one attached hydrogen (secondary N) is 1. The van der Waals surface area contributed by atoms with Crippen LogP contribution >= 0.6 is 0 Å². The standard InChI is InChI=1S/C18H18N4O3/c23-8-4-7-14-10-20-18-21-11-15(17(25)22(18)12-14)16(24)19-9-13-5-2-1-3-6-13/h1-3,5-6,10-12,23H,4,7-9H2,(H,19,24). The zero-order chi connectivity index (χ0) is 17.6. The Morgan fingerprint density at radius 2 is 1.88 bits per heavy atom. The lowest BCUT2D eigenvalue weighted by Gasteiger charge is -2.07. The average molecular weight is 338 g/mol. The van der Waals surface area contributed by atoms with Gasteiger partial charge in [0.2, 0.25) is 5.78 Å². The molecule has 2 N–H and O–H groups in total. The minimum absolute atomic E-state index is 0.0328. The number of carbonyl (C=O) groups excluding carboxylic acids is 1. The molecule has 0 aliphatic carbocycles. The van der Waals surface area contributed by atoms with Crippen molar-refractivity contribution in [1.29, 1.82) is 0 Å². The number of aryl methyl sites for hydroxylation is 1. The number of amides is 1. The van der Waals surface area contributed by atoms with E-state index >= 15 is 0 Å². The molecular formula is C18H18N4O3. The van der Waals surface area contributed by atoms with Gasteiger partial charge in [-0.3, -0.25) is 14.0 Å². The quantitative estimate of drug-likeness (QED) is 0.697. The fraction of sp³-hybridized carbons (Fsp3) is 0.222. The minimum Gasteiger partial charge on any atom is -0.396 e. The molecule has 128 valence electrons. The second-order valence-corrected chi connectivity index (χ2v) is 5.60. The van der Waals surface area contributed by atoms with Crippen LogP contribution in [0.25, 0.3) is 5.78 Å². The van der Waals surface area contributed by atoms with Gasteiger partial charge >= 0.3 is 0 Å². The van der Waals surface area contributed by atoms with E-state index in [1.807, 2.05) is 30.3 Å². The Bertz CT molecular complexity index is 938. The summed E-state index contributed by atoms with van der Waals surface area (Å²) in [6.45, 7) is 0.393. The highest BCUT2D eigenvalue weighted by molar-refractivity contribution is 5.93. The molecule has 0 bridgehead atoms. The van der Waals surface area contributed by atoms with E-state index in [4.69, 9.17) is 5.11 Å². The number of aliphatic hydroxyl groups is 1. The number of nitrogens with zero attached hydrogens (tertiary/aromatic N) is 3. The summed E-state index contributed by atoms with van der Waals surface area (Å²) in [5.41, 5.74) is 1.24. The van der Waals surface area contributed by atoms with Gasteiger partial charge in [0.15, 0.2) is 0 Å². The SMILES string of the molecule is O=C(NCc1ccccc1)c1cnc2ncc(CCCO)cn2c1=O. The van der Waals surface area contributed by atoms with Crippen molar-refractivity contribution in [3.8, 4) is 0 Å². The summed E-state index contributed by atoms with van der Waals surface area (Å²) in [4.78, 5) is 33.1. The Labute approximate surface area is 144 Å². The zero-order valence-electron chi connectivity index (χ0n) is 13.6. The van der Waals surface area contributed by atoms with E-state index in [2.05, 4.69) is 15.3 Å². The van der Waals surface area contributed by atoms with E-state index in [-0.39, 0.29) is 17.9 Å². The topological polar surface area (TPSA) is 96.6 Å². The Morgan fingerprint density at radius 3 is 2.64 bits per heavy atom. The maximum Gasteiger partial charge on any atom is 0.271 e. The monoisotopic (exact) mass is 338 g/mol. The second-order valence-electron chi connectivity index (χ2n) is 5.60. The molecule has 1 aromatic carbocycles. The van der Waals surface area contributed by atoms with Gasteiger partial charge in [0, 0.05) is 31.7 Å². The van der Waals surface area contributed by atoms with Gasteiger partial charge in [-0.1, -0.05) is 30.3 Å². The predicted molar refractivity (Wildman–Crippen MR) is 92.3 cm³/mol. The highest BCUT2D eigenvalue weighted by atomic mass is 16.3. The second kappa shape index (κ2) is 7.67. The van der Waals surface area contributed by atoms with Crippen molar-refractivity contribution in [3.63, 3.8) is 0 Å². The first kappa shape index (κ1) is 16.8. The van der Waals surface area contributed by atoms with Crippen LogP contribution in [0.2, 0.25) is 0 Å². The summed E-state index contributed by atoms with van der Waals surface area (Å²) >= 11 is 0. The molecule has 0 spiro atoms. The summed E-state index contributed by atoms with van der Waals surface area (Å²) in [5, 5.41) is 11.6. The number of aromatic nitrogens is 3. The number of hydrogen-bond acceptors (Lipinski definition) is 5. The molecule has 0 saturated heterocycles. The molecule has 0 aliphatic heterocycles. The predicted octanol–water partition coefficient (Wildman–Crippen LogP) is 0.944. The molecule has 1 amide bonds. The first-order valence-corrected chi connectivity index (χ1v) is 7.98. The van der Waals surface area contributed by atoms with E-state index < -0.39 is 11.5 Å². The zero-order valence-corrected chi connectivity index (χ0v) is 13.6. The minimum atomic E-state index is -0.475. The fourth-order valence-electron chi connectivity index (χ4n) is 2.45. The van der Waals surface area contributed by atoms with Gasteiger partial charge in [-0.15, -0.1) is 0 Å². The molecule has 3 rings (SSSR count). The molecule has 7 nitrogen and oxygen atoms in total. The van der Waals surface area contributed by atoms with Gasteiger partial charge in [-0.25, -0.2) is 9.97 Å². The smallest absolute Gasteiger partial charge is 0.271 e. The molecule has 2 heterocycles.